The third kappa shape index (κ3) is 3.41. The fraction of sp³-hybridized carbons (Fsp3) is 0.353. The second kappa shape index (κ2) is 6.64. The van der Waals surface area contributed by atoms with Gasteiger partial charge in [-0.3, -0.25) is 9.48 Å². The molecule has 0 spiro atoms. The molecule has 3 rings (SSSR count). The Labute approximate surface area is 134 Å². The van der Waals surface area contributed by atoms with Crippen LogP contribution in [0.1, 0.15) is 30.7 Å². The van der Waals surface area contributed by atoms with Crippen LogP contribution < -0.4 is 5.32 Å². The van der Waals surface area contributed by atoms with Gasteiger partial charge >= 0.3 is 0 Å². The monoisotopic (exact) mass is 312 g/mol. The maximum Gasteiger partial charge on any atom is 0.226 e. The molecule has 2 aromatic heterocycles. The van der Waals surface area contributed by atoms with Crippen molar-refractivity contribution >= 4 is 16.8 Å². The largest absolute Gasteiger partial charge is 0.444 e. The number of nitrogens with zero attached hydrogens (tertiary/aromatic N) is 3. The molecule has 0 aliphatic heterocycles. The summed E-state index contributed by atoms with van der Waals surface area (Å²) < 4.78 is 7.35. The van der Waals surface area contributed by atoms with E-state index < -0.39 is 0 Å². The molecule has 2 heterocycles. The predicted molar refractivity (Wildman–Crippen MR) is 86.8 cm³/mol. The second-order valence-corrected chi connectivity index (χ2v) is 5.51. The van der Waals surface area contributed by atoms with Crippen molar-refractivity contribution in [3.05, 3.63) is 47.8 Å². The Morgan fingerprint density at radius 1 is 1.35 bits per heavy atom. The smallest absolute Gasteiger partial charge is 0.226 e. The highest BCUT2D eigenvalue weighted by atomic mass is 16.4. The van der Waals surface area contributed by atoms with Crippen LogP contribution in [0.3, 0.4) is 0 Å². The van der Waals surface area contributed by atoms with E-state index in [4.69, 9.17) is 4.42 Å². The zero-order valence-corrected chi connectivity index (χ0v) is 13.4. The highest BCUT2D eigenvalue weighted by Gasteiger charge is 2.12. The van der Waals surface area contributed by atoms with Crippen molar-refractivity contribution in [1.82, 2.24) is 20.1 Å². The van der Waals surface area contributed by atoms with Crippen molar-refractivity contribution in [3.63, 3.8) is 0 Å². The molecule has 0 saturated heterocycles. The maximum atomic E-state index is 12.1. The number of oxazole rings is 1. The topological polar surface area (TPSA) is 73.0 Å². The molecule has 1 aromatic carbocycles. The molecule has 6 nitrogen and oxygen atoms in total. The fourth-order valence-corrected chi connectivity index (χ4v) is 2.58. The summed E-state index contributed by atoms with van der Waals surface area (Å²) >= 11 is 0. The van der Waals surface area contributed by atoms with E-state index >= 15 is 0 Å². The lowest BCUT2D eigenvalue weighted by Gasteiger charge is -2.01. The molecule has 1 N–H and O–H groups in total. The highest BCUT2D eigenvalue weighted by molar-refractivity contribution is 5.87. The Bertz CT molecular complexity index is 819. The van der Waals surface area contributed by atoms with E-state index in [1.807, 2.05) is 31.3 Å². The second-order valence-electron chi connectivity index (χ2n) is 5.51. The van der Waals surface area contributed by atoms with E-state index in [0.29, 0.717) is 18.2 Å². The molecular weight excluding hydrogens is 292 g/mol. The lowest BCUT2D eigenvalue weighted by molar-refractivity contribution is -0.120. The van der Waals surface area contributed by atoms with Gasteiger partial charge in [-0.1, -0.05) is 25.1 Å². The first-order chi connectivity index (χ1) is 11.2. The summed E-state index contributed by atoms with van der Waals surface area (Å²) in [5, 5.41) is 8.30. The van der Waals surface area contributed by atoms with E-state index in [9.17, 15) is 4.79 Å². The average molecular weight is 312 g/mol. The van der Waals surface area contributed by atoms with Crippen LogP contribution in [0.5, 0.6) is 0 Å². The standard InChI is InChI=1S/C17H20N4O2/c1-3-6-17-19-11-12(23-17)10-18-16(22)9-14-13-7-4-5-8-15(13)21(2)20-14/h4-5,7-8,11H,3,6,9-10H2,1-2H3,(H,18,22). The molecule has 0 saturated carbocycles. The Balaban J connectivity index is 1.62. The summed E-state index contributed by atoms with van der Waals surface area (Å²) in [6.45, 7) is 2.42. The first kappa shape index (κ1) is 15.3. The van der Waals surface area contributed by atoms with Crippen molar-refractivity contribution in [2.24, 2.45) is 7.05 Å². The van der Waals surface area contributed by atoms with Gasteiger partial charge in [0, 0.05) is 18.9 Å². The summed E-state index contributed by atoms with van der Waals surface area (Å²) in [5.74, 6) is 1.31. The third-order valence-corrected chi connectivity index (χ3v) is 3.69. The van der Waals surface area contributed by atoms with E-state index in [0.717, 1.165) is 29.4 Å². The van der Waals surface area contributed by atoms with Crippen LogP contribution in [-0.2, 0) is 31.2 Å². The number of carbonyl (C=O) groups is 1. The van der Waals surface area contributed by atoms with E-state index in [1.165, 1.54) is 0 Å². The highest BCUT2D eigenvalue weighted by Crippen LogP contribution is 2.17. The molecule has 3 aromatic rings. The number of fused-ring (bicyclic) bond motifs is 1. The van der Waals surface area contributed by atoms with Crippen LogP contribution in [0.25, 0.3) is 10.9 Å². The molecule has 0 aliphatic carbocycles. The SMILES string of the molecule is CCCc1ncc(CNC(=O)Cc2nn(C)c3ccccc23)o1. The number of carbonyl (C=O) groups excluding carboxylic acids is 1. The number of para-hydroxylation sites is 1. The molecule has 0 aliphatic rings. The van der Waals surface area contributed by atoms with Crippen molar-refractivity contribution in [3.8, 4) is 0 Å². The Hall–Kier alpha value is -2.63. The first-order valence-electron chi connectivity index (χ1n) is 7.78. The fourth-order valence-electron chi connectivity index (χ4n) is 2.58. The van der Waals surface area contributed by atoms with Gasteiger partial charge in [0.1, 0.15) is 5.76 Å². The Morgan fingerprint density at radius 3 is 3.00 bits per heavy atom. The van der Waals surface area contributed by atoms with Gasteiger partial charge < -0.3 is 9.73 Å². The van der Waals surface area contributed by atoms with Crippen LogP contribution >= 0.6 is 0 Å². The third-order valence-electron chi connectivity index (χ3n) is 3.69. The zero-order valence-electron chi connectivity index (χ0n) is 13.4. The van der Waals surface area contributed by atoms with E-state index in [-0.39, 0.29) is 12.3 Å². The van der Waals surface area contributed by atoms with E-state index in [2.05, 4.69) is 22.3 Å². The number of nitrogens with one attached hydrogen (secondary N) is 1. The molecule has 6 heteroatoms. The van der Waals surface area contributed by atoms with Gasteiger partial charge in [-0.05, 0) is 12.5 Å². The molecule has 0 bridgehead atoms. The van der Waals surface area contributed by atoms with Gasteiger partial charge in [0.25, 0.3) is 0 Å². The minimum Gasteiger partial charge on any atom is -0.444 e. The quantitative estimate of drug-likeness (QED) is 0.758. The van der Waals surface area contributed by atoms with Crippen LogP contribution in [0, 0.1) is 0 Å². The Morgan fingerprint density at radius 2 is 2.17 bits per heavy atom. The number of benzene rings is 1. The van der Waals surface area contributed by atoms with Gasteiger partial charge in [0.2, 0.25) is 5.91 Å². The molecule has 0 radical (unpaired) electrons. The molecule has 0 fully saturated rings. The minimum absolute atomic E-state index is 0.0812. The minimum atomic E-state index is -0.0812. The van der Waals surface area contributed by atoms with Crippen molar-refractivity contribution < 1.29 is 9.21 Å². The van der Waals surface area contributed by atoms with Crippen molar-refractivity contribution in [2.75, 3.05) is 0 Å². The summed E-state index contributed by atoms with van der Waals surface area (Å²) in [5.41, 5.74) is 1.81. The molecule has 0 atom stereocenters. The number of hydrogen-bond donors (Lipinski definition) is 1. The summed E-state index contributed by atoms with van der Waals surface area (Å²) in [6.07, 6.45) is 3.71. The van der Waals surface area contributed by atoms with Crippen molar-refractivity contribution in [1.29, 1.82) is 0 Å². The molecule has 120 valence electrons. The molecule has 0 unspecified atom stereocenters. The number of aromatic nitrogens is 3. The lowest BCUT2D eigenvalue weighted by atomic mass is 10.1. The summed E-state index contributed by atoms with van der Waals surface area (Å²) in [7, 11) is 1.88. The van der Waals surface area contributed by atoms with Crippen LogP contribution in [0.15, 0.2) is 34.9 Å². The number of rotatable bonds is 6. The predicted octanol–water partition coefficient (Wildman–Crippen LogP) is 2.37. The van der Waals surface area contributed by atoms with Gasteiger partial charge in [0.05, 0.1) is 30.4 Å². The molecular formula is C17H20N4O2. The zero-order chi connectivity index (χ0) is 16.2. The molecule has 23 heavy (non-hydrogen) atoms. The first-order valence-corrected chi connectivity index (χ1v) is 7.78. The van der Waals surface area contributed by atoms with Crippen molar-refractivity contribution in [2.45, 2.75) is 32.7 Å². The summed E-state index contributed by atoms with van der Waals surface area (Å²) in [4.78, 5) is 16.3. The van der Waals surface area contributed by atoms with Gasteiger partial charge in [-0.25, -0.2) is 4.98 Å². The maximum absolute atomic E-state index is 12.1. The Kier molecular flexibility index (Phi) is 4.41. The van der Waals surface area contributed by atoms with Crippen LogP contribution in [0.2, 0.25) is 0 Å². The molecule has 1 amide bonds. The normalized spacial score (nSPS) is 11.0. The van der Waals surface area contributed by atoms with Gasteiger partial charge in [-0.2, -0.15) is 5.10 Å². The summed E-state index contributed by atoms with van der Waals surface area (Å²) in [6, 6.07) is 7.90. The van der Waals surface area contributed by atoms with Crippen LogP contribution in [0.4, 0.5) is 0 Å². The van der Waals surface area contributed by atoms with Crippen LogP contribution in [-0.4, -0.2) is 20.7 Å². The average Bonchev–Trinajstić information content (AvgIpc) is 3.12. The van der Waals surface area contributed by atoms with E-state index in [1.54, 1.807) is 10.9 Å². The number of amides is 1. The lowest BCUT2D eigenvalue weighted by Crippen LogP contribution is -2.24. The number of hydrogen-bond acceptors (Lipinski definition) is 4. The van der Waals surface area contributed by atoms with Gasteiger partial charge in [-0.15, -0.1) is 0 Å². The van der Waals surface area contributed by atoms with Gasteiger partial charge in [0.15, 0.2) is 5.89 Å². The number of aryl methyl sites for hydroxylation is 2.